The van der Waals surface area contributed by atoms with Gasteiger partial charge in [0, 0.05) is 13.0 Å². The van der Waals surface area contributed by atoms with Crippen molar-refractivity contribution in [1.29, 1.82) is 0 Å². The Balaban J connectivity index is 2.89. The largest absolute Gasteiger partial charge is 0.480 e. The van der Waals surface area contributed by atoms with Crippen molar-refractivity contribution in [2.45, 2.75) is 20.3 Å². The molecule has 1 rings (SSSR count). The van der Waals surface area contributed by atoms with Gasteiger partial charge in [0.1, 0.15) is 0 Å². The zero-order valence-corrected chi connectivity index (χ0v) is 8.50. The molecular weight excluding hydrogens is 182 g/mol. The zero-order chi connectivity index (χ0) is 10.6. The Labute approximate surface area is 82.2 Å². The summed E-state index contributed by atoms with van der Waals surface area (Å²) in [6, 6.07) is 1.64. The molecule has 0 aliphatic rings. The van der Waals surface area contributed by atoms with Crippen molar-refractivity contribution < 1.29 is 9.53 Å². The number of H-pyrrole nitrogens is 1. The molecule has 76 valence electrons. The highest BCUT2D eigenvalue weighted by atomic mass is 16.5. The molecule has 1 aromatic rings. The van der Waals surface area contributed by atoms with Gasteiger partial charge >= 0.3 is 0 Å². The fraction of sp³-hybridized carbons (Fsp3) is 0.444. The second-order valence-corrected chi connectivity index (χ2v) is 2.76. The number of methoxy groups -OCH3 is 1. The van der Waals surface area contributed by atoms with E-state index in [1.807, 2.05) is 6.92 Å². The van der Waals surface area contributed by atoms with Crippen LogP contribution < -0.4 is 4.74 Å². The standard InChI is InChI=1S/C9H13N3O2/c1-4-7(6(2)13)10-8-5-9(14-3)12-11-8/h5H,4H2,1-3H3,(H,11,12). The third-order valence-electron chi connectivity index (χ3n) is 1.75. The lowest BCUT2D eigenvalue weighted by Crippen LogP contribution is -2.07. The molecular formula is C9H13N3O2. The van der Waals surface area contributed by atoms with Crippen LogP contribution in [0.1, 0.15) is 20.3 Å². The Bertz CT molecular complexity index is 355. The van der Waals surface area contributed by atoms with Crippen molar-refractivity contribution >= 4 is 17.3 Å². The summed E-state index contributed by atoms with van der Waals surface area (Å²) in [6.45, 7) is 3.38. The van der Waals surface area contributed by atoms with Crippen molar-refractivity contribution in [3.63, 3.8) is 0 Å². The predicted molar refractivity (Wildman–Crippen MR) is 53.2 cm³/mol. The summed E-state index contributed by atoms with van der Waals surface area (Å²) in [6.07, 6.45) is 0.608. The fourth-order valence-electron chi connectivity index (χ4n) is 1.01. The number of ketones is 1. The molecule has 0 aliphatic heterocycles. The molecule has 0 saturated heterocycles. The summed E-state index contributed by atoms with van der Waals surface area (Å²) < 4.78 is 4.87. The first-order valence-electron chi connectivity index (χ1n) is 4.35. The molecule has 1 heterocycles. The van der Waals surface area contributed by atoms with E-state index in [1.165, 1.54) is 14.0 Å². The Morgan fingerprint density at radius 2 is 2.43 bits per heavy atom. The average Bonchev–Trinajstić information content (AvgIpc) is 2.61. The molecule has 5 nitrogen and oxygen atoms in total. The van der Waals surface area contributed by atoms with Crippen molar-refractivity contribution in [3.8, 4) is 5.88 Å². The molecule has 0 spiro atoms. The second kappa shape index (κ2) is 4.55. The highest BCUT2D eigenvalue weighted by Crippen LogP contribution is 2.15. The van der Waals surface area contributed by atoms with E-state index in [4.69, 9.17) is 4.74 Å². The molecule has 0 atom stereocenters. The van der Waals surface area contributed by atoms with Crippen LogP contribution in [0.15, 0.2) is 11.1 Å². The number of aromatic amines is 1. The SMILES string of the molecule is CCC(=Nc1cc(OC)n[nH]1)C(C)=O. The summed E-state index contributed by atoms with van der Waals surface area (Å²) in [7, 11) is 1.52. The molecule has 0 amide bonds. The number of nitrogens with zero attached hydrogens (tertiary/aromatic N) is 2. The first-order chi connectivity index (χ1) is 6.67. The van der Waals surface area contributed by atoms with E-state index >= 15 is 0 Å². The Kier molecular flexibility index (Phi) is 3.39. The van der Waals surface area contributed by atoms with Gasteiger partial charge in [0.2, 0.25) is 5.88 Å². The van der Waals surface area contributed by atoms with Crippen LogP contribution in [0.4, 0.5) is 5.82 Å². The Morgan fingerprint density at radius 3 is 2.86 bits per heavy atom. The van der Waals surface area contributed by atoms with Crippen LogP contribution in [0.5, 0.6) is 5.88 Å². The van der Waals surface area contributed by atoms with Gasteiger partial charge in [-0.2, -0.15) is 0 Å². The van der Waals surface area contributed by atoms with Crippen molar-refractivity contribution in [2.24, 2.45) is 4.99 Å². The van der Waals surface area contributed by atoms with Gasteiger partial charge in [-0.1, -0.05) is 6.92 Å². The zero-order valence-electron chi connectivity index (χ0n) is 8.50. The molecule has 0 aromatic carbocycles. The molecule has 0 radical (unpaired) electrons. The maximum absolute atomic E-state index is 11.1. The lowest BCUT2D eigenvalue weighted by molar-refractivity contribution is -0.111. The minimum absolute atomic E-state index is 0.0268. The van der Waals surface area contributed by atoms with Crippen LogP contribution in [0.2, 0.25) is 0 Å². The summed E-state index contributed by atoms with van der Waals surface area (Å²) in [5.74, 6) is 0.970. The smallest absolute Gasteiger partial charge is 0.234 e. The minimum atomic E-state index is -0.0268. The molecule has 14 heavy (non-hydrogen) atoms. The highest BCUT2D eigenvalue weighted by Gasteiger charge is 2.04. The number of nitrogens with one attached hydrogen (secondary N) is 1. The molecule has 5 heteroatoms. The summed E-state index contributed by atoms with van der Waals surface area (Å²) >= 11 is 0. The normalized spacial score (nSPS) is 11.5. The first-order valence-corrected chi connectivity index (χ1v) is 4.35. The molecule has 0 saturated carbocycles. The molecule has 0 aliphatic carbocycles. The van der Waals surface area contributed by atoms with E-state index in [9.17, 15) is 4.79 Å². The van der Waals surface area contributed by atoms with Crippen LogP contribution in [0.3, 0.4) is 0 Å². The van der Waals surface area contributed by atoms with Gasteiger partial charge in [-0.25, -0.2) is 4.99 Å². The van der Waals surface area contributed by atoms with E-state index in [-0.39, 0.29) is 5.78 Å². The number of Topliss-reactive ketones (excluding diaryl/α,β-unsaturated/α-hetero) is 1. The average molecular weight is 195 g/mol. The van der Waals surface area contributed by atoms with Crippen LogP contribution >= 0.6 is 0 Å². The third-order valence-corrected chi connectivity index (χ3v) is 1.75. The maximum atomic E-state index is 11.1. The van der Waals surface area contributed by atoms with Crippen LogP contribution in [0, 0.1) is 0 Å². The molecule has 1 N–H and O–H groups in total. The summed E-state index contributed by atoms with van der Waals surface area (Å²) in [5.41, 5.74) is 0.524. The Morgan fingerprint density at radius 1 is 1.71 bits per heavy atom. The van der Waals surface area contributed by atoms with E-state index in [1.54, 1.807) is 6.07 Å². The van der Waals surface area contributed by atoms with Gasteiger partial charge in [0.05, 0.1) is 12.8 Å². The number of aliphatic imine (C=N–C) groups is 1. The quantitative estimate of drug-likeness (QED) is 0.740. The number of hydrogen-bond acceptors (Lipinski definition) is 4. The van der Waals surface area contributed by atoms with Gasteiger partial charge in [-0.3, -0.25) is 9.89 Å². The van der Waals surface area contributed by atoms with Gasteiger partial charge in [0.25, 0.3) is 0 Å². The van der Waals surface area contributed by atoms with E-state index < -0.39 is 0 Å². The number of aromatic nitrogens is 2. The fourth-order valence-corrected chi connectivity index (χ4v) is 1.01. The van der Waals surface area contributed by atoms with Gasteiger partial charge in [-0.05, 0) is 6.42 Å². The minimum Gasteiger partial charge on any atom is -0.480 e. The number of hydrogen-bond donors (Lipinski definition) is 1. The van der Waals surface area contributed by atoms with Gasteiger partial charge in [-0.15, -0.1) is 5.10 Å². The van der Waals surface area contributed by atoms with Gasteiger partial charge < -0.3 is 4.74 Å². The summed E-state index contributed by atoms with van der Waals surface area (Å²) in [5, 5.41) is 6.48. The maximum Gasteiger partial charge on any atom is 0.234 e. The highest BCUT2D eigenvalue weighted by molar-refractivity contribution is 6.39. The van der Waals surface area contributed by atoms with Crippen LogP contribution in [0.25, 0.3) is 0 Å². The van der Waals surface area contributed by atoms with Crippen molar-refractivity contribution in [2.75, 3.05) is 7.11 Å². The molecule has 0 bridgehead atoms. The molecule has 0 unspecified atom stereocenters. The molecule has 1 aromatic heterocycles. The monoisotopic (exact) mass is 195 g/mol. The third kappa shape index (κ3) is 2.42. The van der Waals surface area contributed by atoms with Crippen molar-refractivity contribution in [3.05, 3.63) is 6.07 Å². The van der Waals surface area contributed by atoms with Crippen molar-refractivity contribution in [1.82, 2.24) is 10.2 Å². The molecule has 0 fully saturated rings. The topological polar surface area (TPSA) is 67.3 Å². The van der Waals surface area contributed by atoms with E-state index in [0.717, 1.165) is 0 Å². The number of carbonyl (C=O) groups excluding carboxylic acids is 1. The lowest BCUT2D eigenvalue weighted by Gasteiger charge is -1.95. The van der Waals surface area contributed by atoms with E-state index in [2.05, 4.69) is 15.2 Å². The lowest BCUT2D eigenvalue weighted by atomic mass is 10.2. The van der Waals surface area contributed by atoms with E-state index in [0.29, 0.717) is 23.8 Å². The van der Waals surface area contributed by atoms with Crippen LogP contribution in [-0.2, 0) is 4.79 Å². The second-order valence-electron chi connectivity index (χ2n) is 2.76. The number of ether oxygens (including phenoxy) is 1. The number of rotatable bonds is 4. The predicted octanol–water partition coefficient (Wildman–Crippen LogP) is 1.49. The van der Waals surface area contributed by atoms with Gasteiger partial charge in [0.15, 0.2) is 11.6 Å². The Hall–Kier alpha value is -1.65. The number of carbonyl (C=O) groups is 1. The van der Waals surface area contributed by atoms with Crippen LogP contribution in [-0.4, -0.2) is 28.8 Å². The summed E-state index contributed by atoms with van der Waals surface area (Å²) in [4.78, 5) is 15.2. The first kappa shape index (κ1) is 10.4.